The van der Waals surface area contributed by atoms with Crippen molar-refractivity contribution in [3.63, 3.8) is 0 Å². The molecule has 0 aromatic rings. The van der Waals surface area contributed by atoms with Crippen LogP contribution < -0.4 is 0 Å². The smallest absolute Gasteiger partial charge is 0.143 e. The zero-order valence-electron chi connectivity index (χ0n) is 4.74. The van der Waals surface area contributed by atoms with Gasteiger partial charge in [0.15, 0.2) is 0 Å². The molecular weight excluding hydrogens is 106 g/mol. The van der Waals surface area contributed by atoms with Crippen molar-refractivity contribution in [1.82, 2.24) is 5.06 Å². The van der Waals surface area contributed by atoms with E-state index in [1.54, 1.807) is 19.4 Å². The molecule has 1 heterocycles. The maximum Gasteiger partial charge on any atom is 0.143 e. The lowest BCUT2D eigenvalue weighted by molar-refractivity contribution is -0.191. The second kappa shape index (κ2) is 2.15. The largest absolute Gasteiger partial charge is 0.412 e. The maximum atomic E-state index is 8.93. The van der Waals surface area contributed by atoms with Gasteiger partial charge in [0, 0.05) is 13.5 Å². The highest BCUT2D eigenvalue weighted by Gasteiger charge is 2.11. The van der Waals surface area contributed by atoms with Crippen molar-refractivity contribution in [2.45, 2.75) is 12.6 Å². The van der Waals surface area contributed by atoms with E-state index in [0.29, 0.717) is 6.42 Å². The van der Waals surface area contributed by atoms with E-state index in [-0.39, 0.29) is 0 Å². The molecule has 0 saturated carbocycles. The molecule has 0 amide bonds. The Bertz CT molecular complexity index is 90.6. The summed E-state index contributed by atoms with van der Waals surface area (Å²) >= 11 is 0. The summed E-state index contributed by atoms with van der Waals surface area (Å²) in [6, 6.07) is 0. The highest BCUT2D eigenvalue weighted by Crippen LogP contribution is 2.05. The predicted octanol–water partition coefficient (Wildman–Crippen LogP) is 0.0856. The van der Waals surface area contributed by atoms with E-state index in [1.807, 2.05) is 0 Å². The first-order valence-corrected chi connectivity index (χ1v) is 2.53. The van der Waals surface area contributed by atoms with Crippen molar-refractivity contribution in [3.8, 4) is 0 Å². The molecule has 0 fully saturated rings. The summed E-state index contributed by atoms with van der Waals surface area (Å²) in [5.74, 6) is 0. The number of hydroxylamine groups is 2. The van der Waals surface area contributed by atoms with Crippen molar-refractivity contribution in [1.29, 1.82) is 0 Å². The molecule has 3 heteroatoms. The van der Waals surface area contributed by atoms with E-state index in [2.05, 4.69) is 0 Å². The van der Waals surface area contributed by atoms with Crippen molar-refractivity contribution >= 4 is 0 Å². The number of nitrogens with zero attached hydrogens (tertiary/aromatic N) is 1. The highest BCUT2D eigenvalue weighted by molar-refractivity contribution is 4.79. The Morgan fingerprint density at radius 1 is 1.88 bits per heavy atom. The van der Waals surface area contributed by atoms with Crippen LogP contribution in [-0.2, 0) is 4.84 Å². The highest BCUT2D eigenvalue weighted by atomic mass is 16.7. The minimum absolute atomic E-state index is 0.472. The van der Waals surface area contributed by atoms with E-state index in [9.17, 15) is 0 Å². The molecule has 0 saturated heterocycles. The van der Waals surface area contributed by atoms with E-state index in [0.717, 1.165) is 0 Å². The van der Waals surface area contributed by atoms with E-state index >= 15 is 0 Å². The van der Waals surface area contributed by atoms with Gasteiger partial charge in [-0.25, -0.2) is 0 Å². The van der Waals surface area contributed by atoms with Gasteiger partial charge < -0.3 is 9.94 Å². The number of hydrogen-bond donors (Lipinski definition) is 1. The first kappa shape index (κ1) is 5.59. The van der Waals surface area contributed by atoms with Crippen LogP contribution in [0.4, 0.5) is 0 Å². The van der Waals surface area contributed by atoms with Gasteiger partial charge in [0.25, 0.3) is 0 Å². The molecule has 0 aliphatic carbocycles. The fourth-order valence-electron chi connectivity index (χ4n) is 0.535. The van der Waals surface area contributed by atoms with Gasteiger partial charge in [-0.15, -0.1) is 5.06 Å². The van der Waals surface area contributed by atoms with Crippen molar-refractivity contribution in [3.05, 3.63) is 12.3 Å². The summed E-state index contributed by atoms with van der Waals surface area (Å²) in [5, 5.41) is 10.3. The Labute approximate surface area is 48.1 Å². The summed E-state index contributed by atoms with van der Waals surface area (Å²) < 4.78 is 0. The maximum absolute atomic E-state index is 8.93. The average Bonchev–Trinajstić information content (AvgIpc) is 1.77. The first-order valence-electron chi connectivity index (χ1n) is 2.53. The minimum Gasteiger partial charge on any atom is -0.412 e. The zero-order valence-corrected chi connectivity index (χ0v) is 4.74. The third-order valence-corrected chi connectivity index (χ3v) is 1.09. The number of aliphatic hydroxyl groups excluding tert-OH is 1. The van der Waals surface area contributed by atoms with Gasteiger partial charge in [0.1, 0.15) is 12.5 Å². The molecule has 0 bridgehead atoms. The van der Waals surface area contributed by atoms with Crippen LogP contribution in [0.3, 0.4) is 0 Å². The van der Waals surface area contributed by atoms with Crippen molar-refractivity contribution < 1.29 is 9.94 Å². The first-order chi connectivity index (χ1) is 3.80. The Balaban J connectivity index is 2.44. The standard InChI is InChI=1S/C5H9NO2/c1-6-5(7)3-2-4-8-6/h2,4-5,7H,3H2,1H3. The second-order valence-electron chi connectivity index (χ2n) is 1.74. The number of hydrogen-bond acceptors (Lipinski definition) is 3. The van der Waals surface area contributed by atoms with E-state index in [4.69, 9.17) is 9.94 Å². The van der Waals surface area contributed by atoms with Crippen LogP contribution >= 0.6 is 0 Å². The summed E-state index contributed by atoms with van der Waals surface area (Å²) in [6.07, 6.45) is 3.52. The molecule has 1 N–H and O–H groups in total. The van der Waals surface area contributed by atoms with Crippen LogP contribution in [0.5, 0.6) is 0 Å². The van der Waals surface area contributed by atoms with Gasteiger partial charge in [-0.1, -0.05) is 0 Å². The van der Waals surface area contributed by atoms with Crippen LogP contribution in [0.25, 0.3) is 0 Å². The van der Waals surface area contributed by atoms with Crippen LogP contribution in [0.2, 0.25) is 0 Å². The molecule has 0 radical (unpaired) electrons. The molecule has 46 valence electrons. The Hall–Kier alpha value is -0.540. The topological polar surface area (TPSA) is 32.7 Å². The molecule has 0 spiro atoms. The molecule has 0 aromatic heterocycles. The monoisotopic (exact) mass is 115 g/mol. The molecule has 0 aromatic carbocycles. The van der Waals surface area contributed by atoms with Crippen molar-refractivity contribution in [2.24, 2.45) is 0 Å². The summed E-state index contributed by atoms with van der Waals surface area (Å²) in [6.45, 7) is 0. The summed E-state index contributed by atoms with van der Waals surface area (Å²) in [7, 11) is 1.69. The molecule has 1 aliphatic heterocycles. The van der Waals surface area contributed by atoms with Gasteiger partial charge in [0.2, 0.25) is 0 Å². The van der Waals surface area contributed by atoms with Gasteiger partial charge in [0.05, 0.1) is 0 Å². The predicted molar refractivity (Wildman–Crippen MR) is 28.6 cm³/mol. The fraction of sp³-hybridized carbons (Fsp3) is 0.600. The van der Waals surface area contributed by atoms with Gasteiger partial charge in [-0.3, -0.25) is 0 Å². The lowest BCUT2D eigenvalue weighted by Crippen LogP contribution is -2.31. The lowest BCUT2D eigenvalue weighted by atomic mass is 10.3. The van der Waals surface area contributed by atoms with Gasteiger partial charge in [-0.2, -0.15) is 0 Å². The molecule has 1 rings (SSSR count). The zero-order chi connectivity index (χ0) is 5.98. The quantitative estimate of drug-likeness (QED) is 0.485. The average molecular weight is 115 g/mol. The number of rotatable bonds is 0. The van der Waals surface area contributed by atoms with Crippen LogP contribution in [0, 0.1) is 0 Å². The Morgan fingerprint density at radius 2 is 2.62 bits per heavy atom. The van der Waals surface area contributed by atoms with Gasteiger partial charge in [-0.05, 0) is 6.08 Å². The third-order valence-electron chi connectivity index (χ3n) is 1.09. The van der Waals surface area contributed by atoms with Crippen molar-refractivity contribution in [2.75, 3.05) is 7.05 Å². The molecular formula is C5H9NO2. The third kappa shape index (κ3) is 0.993. The minimum atomic E-state index is -0.472. The Morgan fingerprint density at radius 3 is 3.00 bits per heavy atom. The van der Waals surface area contributed by atoms with Gasteiger partial charge >= 0.3 is 0 Å². The Kier molecular flexibility index (Phi) is 1.50. The molecule has 1 atom stereocenters. The summed E-state index contributed by atoms with van der Waals surface area (Å²) in [4.78, 5) is 4.79. The van der Waals surface area contributed by atoms with E-state index in [1.165, 1.54) is 5.06 Å². The summed E-state index contributed by atoms with van der Waals surface area (Å²) in [5.41, 5.74) is 0. The van der Waals surface area contributed by atoms with E-state index < -0.39 is 6.23 Å². The fourth-order valence-corrected chi connectivity index (χ4v) is 0.535. The normalized spacial score (nSPS) is 30.0. The molecule has 3 nitrogen and oxygen atoms in total. The van der Waals surface area contributed by atoms with Crippen LogP contribution in [-0.4, -0.2) is 23.4 Å². The molecule has 1 unspecified atom stereocenters. The molecule has 1 aliphatic rings. The SMILES string of the molecule is CN1OC=CCC1O. The number of aliphatic hydroxyl groups is 1. The van der Waals surface area contributed by atoms with Crippen LogP contribution in [0.15, 0.2) is 12.3 Å². The second-order valence-corrected chi connectivity index (χ2v) is 1.74. The van der Waals surface area contributed by atoms with Crippen LogP contribution in [0.1, 0.15) is 6.42 Å². The lowest BCUT2D eigenvalue weighted by Gasteiger charge is -2.23. The molecule has 8 heavy (non-hydrogen) atoms.